The fraction of sp³-hybridized carbons (Fsp3) is 0.381. The van der Waals surface area contributed by atoms with Crippen molar-refractivity contribution in [2.45, 2.75) is 31.5 Å². The van der Waals surface area contributed by atoms with Crippen LogP contribution >= 0.6 is 0 Å². The average molecular weight is 336 g/mol. The molecule has 2 aromatic rings. The van der Waals surface area contributed by atoms with Gasteiger partial charge in [-0.3, -0.25) is 9.69 Å². The lowest BCUT2D eigenvalue weighted by molar-refractivity contribution is -0.123. The number of ketones is 1. The molecule has 3 saturated heterocycles. The van der Waals surface area contributed by atoms with Crippen LogP contribution in [0.3, 0.4) is 0 Å². The van der Waals surface area contributed by atoms with Gasteiger partial charge in [0.15, 0.2) is 5.78 Å². The maximum atomic E-state index is 12.7. The zero-order valence-corrected chi connectivity index (χ0v) is 14.6. The number of anilines is 1. The van der Waals surface area contributed by atoms with E-state index in [9.17, 15) is 4.79 Å². The normalized spacial score (nSPS) is 23.6. The van der Waals surface area contributed by atoms with Gasteiger partial charge in [0.1, 0.15) is 5.75 Å². The van der Waals surface area contributed by atoms with Crippen LogP contribution in [0.2, 0.25) is 0 Å². The minimum Gasteiger partial charge on any atom is -0.497 e. The van der Waals surface area contributed by atoms with E-state index in [2.05, 4.69) is 46.2 Å². The first kappa shape index (κ1) is 16.2. The number of carbonyl (C=O) groups is 1. The summed E-state index contributed by atoms with van der Waals surface area (Å²) >= 11 is 0. The number of rotatable bonds is 4. The molecular weight excluding hydrogens is 312 g/mol. The van der Waals surface area contributed by atoms with Crippen LogP contribution in [0.15, 0.2) is 54.6 Å². The number of methoxy groups -OCH3 is 1. The van der Waals surface area contributed by atoms with Crippen molar-refractivity contribution in [3.05, 3.63) is 60.2 Å². The standard InChI is InChI=1S/C21H24N2O2/c1-25-19-10-7-16(8-11-19)13-22-14-18-9-12-21(24)20(22)15-23(18)17-5-3-2-4-6-17/h2-8,10-11,18,20H,9,12-15H2,1H3/t18-,20+/m0/s1. The van der Waals surface area contributed by atoms with Crippen LogP contribution in [0.4, 0.5) is 5.69 Å². The molecule has 0 aliphatic carbocycles. The quantitative estimate of drug-likeness (QED) is 0.859. The van der Waals surface area contributed by atoms with Gasteiger partial charge in [-0.25, -0.2) is 0 Å². The molecule has 3 heterocycles. The van der Waals surface area contributed by atoms with Gasteiger partial charge in [-0.05, 0) is 36.2 Å². The van der Waals surface area contributed by atoms with E-state index in [1.54, 1.807) is 7.11 Å². The number of ether oxygens (including phenoxy) is 1. The Balaban J connectivity index is 1.54. The highest BCUT2D eigenvalue weighted by atomic mass is 16.5. The molecule has 2 bridgehead atoms. The van der Waals surface area contributed by atoms with Crippen LogP contribution in [0.1, 0.15) is 18.4 Å². The molecule has 25 heavy (non-hydrogen) atoms. The molecule has 130 valence electrons. The molecule has 3 aliphatic rings. The zero-order valence-electron chi connectivity index (χ0n) is 14.6. The van der Waals surface area contributed by atoms with Crippen LogP contribution in [-0.2, 0) is 11.3 Å². The van der Waals surface area contributed by atoms with Crippen LogP contribution in [0.25, 0.3) is 0 Å². The number of para-hydroxylation sites is 1. The monoisotopic (exact) mass is 336 g/mol. The molecule has 0 radical (unpaired) electrons. The fourth-order valence-electron chi connectivity index (χ4n) is 4.05. The summed E-state index contributed by atoms with van der Waals surface area (Å²) in [5.74, 6) is 1.25. The second-order valence-electron chi connectivity index (χ2n) is 6.94. The SMILES string of the molecule is COc1ccc(CN2C[C@@H]3CCC(=O)[C@H]2CN3c2ccccc2)cc1. The van der Waals surface area contributed by atoms with Crippen molar-refractivity contribution in [1.29, 1.82) is 0 Å². The van der Waals surface area contributed by atoms with Crippen molar-refractivity contribution in [3.63, 3.8) is 0 Å². The highest BCUT2D eigenvalue weighted by Crippen LogP contribution is 2.31. The molecule has 3 aliphatic heterocycles. The molecule has 2 atom stereocenters. The Morgan fingerprint density at radius 1 is 1.04 bits per heavy atom. The Bertz CT molecular complexity index is 729. The molecule has 0 saturated carbocycles. The van der Waals surface area contributed by atoms with Crippen molar-refractivity contribution in [1.82, 2.24) is 4.90 Å². The van der Waals surface area contributed by atoms with Gasteiger partial charge in [-0.1, -0.05) is 30.3 Å². The van der Waals surface area contributed by atoms with E-state index in [0.29, 0.717) is 18.2 Å². The predicted octanol–water partition coefficient (Wildman–Crippen LogP) is 3.12. The predicted molar refractivity (Wildman–Crippen MR) is 99.0 cm³/mol. The summed E-state index contributed by atoms with van der Waals surface area (Å²) in [5.41, 5.74) is 2.46. The first-order chi connectivity index (χ1) is 12.2. The third-order valence-electron chi connectivity index (χ3n) is 5.42. The van der Waals surface area contributed by atoms with Gasteiger partial charge in [-0.2, -0.15) is 0 Å². The van der Waals surface area contributed by atoms with Gasteiger partial charge < -0.3 is 9.64 Å². The second-order valence-corrected chi connectivity index (χ2v) is 6.94. The molecule has 0 aromatic heterocycles. The van der Waals surface area contributed by atoms with Gasteiger partial charge in [0.25, 0.3) is 0 Å². The second kappa shape index (κ2) is 6.89. The molecular formula is C21H24N2O2. The van der Waals surface area contributed by atoms with Gasteiger partial charge >= 0.3 is 0 Å². The average Bonchev–Trinajstić information content (AvgIpc) is 2.91. The van der Waals surface area contributed by atoms with Crippen LogP contribution in [0, 0.1) is 0 Å². The fourth-order valence-corrected chi connectivity index (χ4v) is 4.05. The number of benzene rings is 2. The number of piperazine rings is 1. The summed E-state index contributed by atoms with van der Waals surface area (Å²) in [6, 6.07) is 19.1. The highest BCUT2D eigenvalue weighted by Gasteiger charge is 2.40. The van der Waals surface area contributed by atoms with Crippen LogP contribution < -0.4 is 9.64 Å². The summed E-state index contributed by atoms with van der Waals surface area (Å²) < 4.78 is 5.23. The zero-order chi connectivity index (χ0) is 17.2. The van der Waals surface area contributed by atoms with Gasteiger partial charge in [0.05, 0.1) is 13.2 Å². The molecule has 0 N–H and O–H groups in total. The van der Waals surface area contributed by atoms with Crippen LogP contribution in [-0.4, -0.2) is 43.0 Å². The summed E-state index contributed by atoms with van der Waals surface area (Å²) in [6.45, 7) is 2.56. The smallest absolute Gasteiger partial charge is 0.151 e. The minimum atomic E-state index is -0.0129. The number of fused-ring (bicyclic) bond motifs is 4. The van der Waals surface area contributed by atoms with E-state index in [0.717, 1.165) is 31.8 Å². The minimum absolute atomic E-state index is 0.0129. The molecule has 4 heteroatoms. The first-order valence-corrected chi connectivity index (χ1v) is 8.96. The summed E-state index contributed by atoms with van der Waals surface area (Å²) in [7, 11) is 1.68. The van der Waals surface area contributed by atoms with E-state index >= 15 is 0 Å². The number of hydrogen-bond acceptors (Lipinski definition) is 4. The summed E-state index contributed by atoms with van der Waals surface area (Å²) in [6.07, 6.45) is 1.64. The van der Waals surface area contributed by atoms with Crippen molar-refractivity contribution < 1.29 is 9.53 Å². The van der Waals surface area contributed by atoms with Crippen molar-refractivity contribution >= 4 is 11.5 Å². The van der Waals surface area contributed by atoms with Gasteiger partial charge in [0, 0.05) is 37.8 Å². The Morgan fingerprint density at radius 2 is 1.80 bits per heavy atom. The van der Waals surface area contributed by atoms with Gasteiger partial charge in [0.2, 0.25) is 0 Å². The van der Waals surface area contributed by atoms with E-state index in [1.807, 2.05) is 18.2 Å². The number of Topliss-reactive ketones (excluding diaryl/α,β-unsaturated/α-hetero) is 1. The molecule has 4 nitrogen and oxygen atoms in total. The third kappa shape index (κ3) is 3.27. The number of hydrogen-bond donors (Lipinski definition) is 0. The lowest BCUT2D eigenvalue weighted by atomic mass is 10.1. The summed E-state index contributed by atoms with van der Waals surface area (Å²) in [5, 5.41) is 0. The number of carbonyl (C=O) groups excluding carboxylic acids is 1. The molecule has 0 spiro atoms. The maximum absolute atomic E-state index is 12.7. The van der Waals surface area contributed by atoms with Crippen molar-refractivity contribution in [2.24, 2.45) is 0 Å². The molecule has 5 rings (SSSR count). The van der Waals surface area contributed by atoms with Gasteiger partial charge in [-0.15, -0.1) is 0 Å². The Kier molecular flexibility index (Phi) is 4.45. The Morgan fingerprint density at radius 3 is 2.52 bits per heavy atom. The van der Waals surface area contributed by atoms with Crippen molar-refractivity contribution in [2.75, 3.05) is 25.1 Å². The summed E-state index contributed by atoms with van der Waals surface area (Å²) in [4.78, 5) is 17.5. The van der Waals surface area contributed by atoms with Crippen LogP contribution in [0.5, 0.6) is 5.75 Å². The Labute approximate surface area is 149 Å². The lowest BCUT2D eigenvalue weighted by Gasteiger charge is -2.44. The lowest BCUT2D eigenvalue weighted by Crippen LogP contribution is -2.58. The largest absolute Gasteiger partial charge is 0.497 e. The van der Waals surface area contributed by atoms with E-state index in [1.165, 1.54) is 11.3 Å². The third-order valence-corrected chi connectivity index (χ3v) is 5.42. The van der Waals surface area contributed by atoms with E-state index in [4.69, 9.17) is 4.74 Å². The molecule has 2 aromatic carbocycles. The highest BCUT2D eigenvalue weighted by molar-refractivity contribution is 5.86. The van der Waals surface area contributed by atoms with E-state index < -0.39 is 0 Å². The van der Waals surface area contributed by atoms with E-state index in [-0.39, 0.29) is 6.04 Å². The molecule has 3 fully saturated rings. The topological polar surface area (TPSA) is 32.8 Å². The molecule has 0 unspecified atom stereocenters. The maximum Gasteiger partial charge on any atom is 0.151 e. The molecule has 0 amide bonds. The number of nitrogens with zero attached hydrogens (tertiary/aromatic N) is 2. The van der Waals surface area contributed by atoms with Crippen molar-refractivity contribution in [3.8, 4) is 5.75 Å². The first-order valence-electron chi connectivity index (χ1n) is 8.96. The Hall–Kier alpha value is -2.33.